The van der Waals surface area contributed by atoms with Gasteiger partial charge in [-0.15, -0.1) is 10.2 Å². The summed E-state index contributed by atoms with van der Waals surface area (Å²) in [6, 6.07) is 12.0. The van der Waals surface area contributed by atoms with Gasteiger partial charge in [0.05, 0.1) is 24.4 Å². The van der Waals surface area contributed by atoms with Gasteiger partial charge in [-0.3, -0.25) is 9.20 Å². The van der Waals surface area contributed by atoms with E-state index in [2.05, 4.69) is 26.6 Å². The SMILES string of the molecule is COc1ccc(-c2ccc3nnc(C(C)c4cc(NC(=O)C5CC5)c5nccn5n4)n3c2)cc1C. The number of nitrogens with one attached hydrogen (secondary N) is 1. The van der Waals surface area contributed by atoms with E-state index in [1.165, 1.54) is 0 Å². The number of rotatable bonds is 6. The molecule has 35 heavy (non-hydrogen) atoms. The molecule has 1 amide bonds. The fraction of sp³-hybridized carbons (Fsp3) is 0.269. The van der Waals surface area contributed by atoms with Gasteiger partial charge in [0, 0.05) is 24.5 Å². The summed E-state index contributed by atoms with van der Waals surface area (Å²) in [7, 11) is 1.68. The number of imidazole rings is 1. The maximum Gasteiger partial charge on any atom is 0.227 e. The number of carbonyl (C=O) groups excluding carboxylic acids is 1. The number of benzene rings is 1. The molecule has 1 N–H and O–H groups in total. The molecular weight excluding hydrogens is 442 g/mol. The standard InChI is InChI=1S/C26H25N7O2/c1-15-12-18(6-8-22(15)35-3)19-7-9-23-29-30-24(32(23)14-19)16(2)20-13-21(28-26(34)17-4-5-17)25-27-10-11-33(25)31-20/h6-14,16-17H,4-5H2,1-3H3,(H,28,34). The fourth-order valence-electron chi connectivity index (χ4n) is 4.38. The lowest BCUT2D eigenvalue weighted by Gasteiger charge is -2.14. The third-order valence-electron chi connectivity index (χ3n) is 6.57. The lowest BCUT2D eigenvalue weighted by molar-refractivity contribution is -0.117. The number of nitrogens with zero attached hydrogens (tertiary/aromatic N) is 6. The van der Waals surface area contributed by atoms with Gasteiger partial charge in [0.15, 0.2) is 11.3 Å². The van der Waals surface area contributed by atoms with Crippen LogP contribution in [0.4, 0.5) is 5.69 Å². The van der Waals surface area contributed by atoms with E-state index in [0.29, 0.717) is 11.3 Å². The molecule has 9 heteroatoms. The van der Waals surface area contributed by atoms with Gasteiger partial charge in [0.25, 0.3) is 0 Å². The Hall–Kier alpha value is -4.27. The minimum atomic E-state index is -0.179. The highest BCUT2D eigenvalue weighted by Gasteiger charge is 2.30. The molecule has 1 aliphatic rings. The van der Waals surface area contributed by atoms with Gasteiger partial charge in [0.1, 0.15) is 11.6 Å². The molecule has 0 saturated heterocycles. The Morgan fingerprint density at radius 3 is 2.74 bits per heavy atom. The predicted octanol–water partition coefficient (Wildman–Crippen LogP) is 4.26. The van der Waals surface area contributed by atoms with E-state index in [0.717, 1.165) is 52.4 Å². The van der Waals surface area contributed by atoms with Crippen LogP contribution in [0.3, 0.4) is 0 Å². The van der Waals surface area contributed by atoms with Crippen LogP contribution >= 0.6 is 0 Å². The monoisotopic (exact) mass is 467 g/mol. The van der Waals surface area contributed by atoms with Crippen LogP contribution in [0.1, 0.15) is 42.8 Å². The summed E-state index contributed by atoms with van der Waals surface area (Å²) < 4.78 is 9.10. The van der Waals surface area contributed by atoms with Gasteiger partial charge in [-0.05, 0) is 73.7 Å². The van der Waals surface area contributed by atoms with E-state index in [1.807, 2.05) is 54.8 Å². The molecule has 4 aromatic heterocycles. The van der Waals surface area contributed by atoms with Gasteiger partial charge in [-0.2, -0.15) is 5.10 Å². The van der Waals surface area contributed by atoms with Crippen LogP contribution in [0.15, 0.2) is 55.0 Å². The maximum atomic E-state index is 12.5. The number of amides is 1. The molecule has 1 atom stereocenters. The average molecular weight is 468 g/mol. The molecule has 6 rings (SSSR count). The van der Waals surface area contributed by atoms with E-state index >= 15 is 0 Å². The molecule has 4 heterocycles. The Morgan fingerprint density at radius 2 is 1.97 bits per heavy atom. The van der Waals surface area contributed by atoms with Crippen molar-refractivity contribution < 1.29 is 9.53 Å². The summed E-state index contributed by atoms with van der Waals surface area (Å²) in [5.74, 6) is 1.57. The van der Waals surface area contributed by atoms with Crippen LogP contribution in [0.5, 0.6) is 5.75 Å². The minimum absolute atomic E-state index is 0.0343. The normalized spacial score (nSPS) is 14.4. The highest BCUT2D eigenvalue weighted by Crippen LogP contribution is 2.32. The van der Waals surface area contributed by atoms with Crippen LogP contribution in [-0.2, 0) is 4.79 Å². The second kappa shape index (κ2) is 8.19. The van der Waals surface area contributed by atoms with Gasteiger partial charge in [0.2, 0.25) is 5.91 Å². The molecule has 0 radical (unpaired) electrons. The number of pyridine rings is 1. The van der Waals surface area contributed by atoms with Gasteiger partial charge in [-0.1, -0.05) is 6.07 Å². The molecule has 176 valence electrons. The lowest BCUT2D eigenvalue weighted by Crippen LogP contribution is -2.16. The number of anilines is 1. The summed E-state index contributed by atoms with van der Waals surface area (Å²) in [6.45, 7) is 4.07. The average Bonchev–Trinajstić information content (AvgIpc) is 3.46. The third-order valence-corrected chi connectivity index (χ3v) is 6.57. The Morgan fingerprint density at radius 1 is 1.14 bits per heavy atom. The van der Waals surface area contributed by atoms with Crippen molar-refractivity contribution in [1.29, 1.82) is 0 Å². The van der Waals surface area contributed by atoms with Crippen LogP contribution in [-0.4, -0.2) is 42.2 Å². The molecular formula is C26H25N7O2. The summed E-state index contributed by atoms with van der Waals surface area (Å²) >= 11 is 0. The van der Waals surface area contributed by atoms with Gasteiger partial charge < -0.3 is 10.1 Å². The van der Waals surface area contributed by atoms with Crippen molar-refractivity contribution in [3.05, 3.63) is 72.1 Å². The third kappa shape index (κ3) is 3.78. The van der Waals surface area contributed by atoms with Crippen LogP contribution in [0, 0.1) is 12.8 Å². The Bertz CT molecular complexity index is 1580. The van der Waals surface area contributed by atoms with Gasteiger partial charge >= 0.3 is 0 Å². The molecule has 1 unspecified atom stereocenters. The summed E-state index contributed by atoms with van der Waals surface area (Å²) in [5.41, 5.74) is 6.01. The molecule has 0 aliphatic heterocycles. The number of hydrogen-bond donors (Lipinski definition) is 1. The molecule has 9 nitrogen and oxygen atoms in total. The van der Waals surface area contributed by atoms with Crippen LogP contribution in [0.25, 0.3) is 22.4 Å². The molecule has 1 aliphatic carbocycles. The molecule has 1 aromatic carbocycles. The molecule has 5 aromatic rings. The number of fused-ring (bicyclic) bond motifs is 2. The minimum Gasteiger partial charge on any atom is -0.496 e. The number of carbonyl (C=O) groups is 1. The first-order valence-electron chi connectivity index (χ1n) is 11.7. The Kier molecular flexibility index (Phi) is 4.98. The van der Waals surface area contributed by atoms with Crippen molar-refractivity contribution in [1.82, 2.24) is 29.2 Å². The molecule has 0 spiro atoms. The first-order chi connectivity index (χ1) is 17.0. The summed E-state index contributed by atoms with van der Waals surface area (Å²) in [4.78, 5) is 16.8. The van der Waals surface area contributed by atoms with Crippen LogP contribution < -0.4 is 10.1 Å². The Balaban J connectivity index is 1.39. The van der Waals surface area contributed by atoms with Crippen molar-refractivity contribution in [3.8, 4) is 16.9 Å². The summed E-state index contributed by atoms with van der Waals surface area (Å²) in [5, 5.41) is 16.7. The topological polar surface area (TPSA) is 98.7 Å². The smallest absolute Gasteiger partial charge is 0.227 e. The van der Waals surface area contributed by atoms with E-state index < -0.39 is 0 Å². The number of aromatic nitrogens is 6. The van der Waals surface area contributed by atoms with Crippen molar-refractivity contribution in [2.45, 2.75) is 32.6 Å². The van der Waals surface area contributed by atoms with Crippen molar-refractivity contribution in [2.75, 3.05) is 12.4 Å². The Labute approximate surface area is 201 Å². The van der Waals surface area contributed by atoms with Crippen molar-refractivity contribution in [2.24, 2.45) is 5.92 Å². The van der Waals surface area contributed by atoms with E-state index in [-0.39, 0.29) is 17.7 Å². The highest BCUT2D eigenvalue weighted by atomic mass is 16.5. The zero-order chi connectivity index (χ0) is 24.1. The summed E-state index contributed by atoms with van der Waals surface area (Å²) in [6.07, 6.45) is 7.39. The van der Waals surface area contributed by atoms with E-state index in [4.69, 9.17) is 9.84 Å². The fourth-order valence-corrected chi connectivity index (χ4v) is 4.38. The molecule has 0 bridgehead atoms. The lowest BCUT2D eigenvalue weighted by atomic mass is 10.0. The van der Waals surface area contributed by atoms with Crippen molar-refractivity contribution in [3.63, 3.8) is 0 Å². The number of hydrogen-bond acceptors (Lipinski definition) is 6. The zero-order valence-corrected chi connectivity index (χ0v) is 19.8. The first kappa shape index (κ1) is 21.3. The quantitative estimate of drug-likeness (QED) is 0.401. The number of ether oxygens (including phenoxy) is 1. The maximum absolute atomic E-state index is 12.5. The zero-order valence-electron chi connectivity index (χ0n) is 19.8. The second-order valence-corrected chi connectivity index (χ2v) is 9.05. The second-order valence-electron chi connectivity index (χ2n) is 9.05. The van der Waals surface area contributed by atoms with Gasteiger partial charge in [-0.25, -0.2) is 9.50 Å². The van der Waals surface area contributed by atoms with E-state index in [1.54, 1.807) is 24.0 Å². The largest absolute Gasteiger partial charge is 0.496 e. The highest BCUT2D eigenvalue weighted by molar-refractivity contribution is 5.97. The van der Waals surface area contributed by atoms with E-state index in [9.17, 15) is 4.79 Å². The predicted molar refractivity (Wildman–Crippen MR) is 132 cm³/mol. The number of methoxy groups -OCH3 is 1. The molecule has 1 fully saturated rings. The van der Waals surface area contributed by atoms with Crippen LogP contribution in [0.2, 0.25) is 0 Å². The molecule has 1 saturated carbocycles. The first-order valence-corrected chi connectivity index (χ1v) is 11.7. The van der Waals surface area contributed by atoms with Crippen molar-refractivity contribution >= 4 is 22.9 Å². The number of aryl methyl sites for hydroxylation is 1.